The Morgan fingerprint density at radius 1 is 1.07 bits per heavy atom. The number of carboxylic acid groups (broad SMARTS) is 2. The Hall–Kier alpha value is -4.49. The molecule has 2 aromatic rings. The van der Waals surface area contributed by atoms with Gasteiger partial charge in [-0.05, 0) is 90.9 Å². The molecule has 5 atom stereocenters. The fraction of sp³-hybridized carbons (Fsp3) is 0.394. The molecule has 3 aliphatic rings. The Morgan fingerprint density at radius 3 is 2.41 bits per heavy atom. The van der Waals surface area contributed by atoms with Crippen molar-refractivity contribution in [1.29, 1.82) is 0 Å². The lowest BCUT2D eigenvalue weighted by atomic mass is 9.92. The molecule has 0 unspecified atom stereocenters. The normalized spacial score (nSPS) is 25.2. The van der Waals surface area contributed by atoms with E-state index in [0.717, 1.165) is 22.7 Å². The topological polar surface area (TPSA) is 211 Å². The molecule has 5 rings (SSSR count). The van der Waals surface area contributed by atoms with Crippen LogP contribution >= 0.6 is 0 Å². The van der Waals surface area contributed by atoms with Crippen molar-refractivity contribution in [2.75, 3.05) is 5.75 Å². The first-order valence-electron chi connectivity index (χ1n) is 15.1. The first-order valence-corrected chi connectivity index (χ1v) is 16.3. The summed E-state index contributed by atoms with van der Waals surface area (Å²) in [6, 6.07) is -0.732. The van der Waals surface area contributed by atoms with Gasteiger partial charge in [0, 0.05) is 40.3 Å². The van der Waals surface area contributed by atoms with E-state index >= 15 is 0 Å². The molecule has 244 valence electrons. The summed E-state index contributed by atoms with van der Waals surface area (Å²) in [5.41, 5.74) is 11.1. The average molecular weight is 651 g/mol. The summed E-state index contributed by atoms with van der Waals surface area (Å²) < 4.78 is 0. The molecule has 3 aliphatic heterocycles. The number of carbonyl (C=O) groups is 4. The number of aromatic amines is 2. The van der Waals surface area contributed by atoms with E-state index in [2.05, 4.69) is 20.6 Å². The van der Waals surface area contributed by atoms with Gasteiger partial charge in [-0.3, -0.25) is 19.2 Å². The molecule has 13 heteroatoms. The minimum Gasteiger partial charge on any atom is -0.481 e. The molecule has 0 bridgehead atoms. The number of aliphatic carboxylic acids is 2. The minimum atomic E-state index is -1.17. The van der Waals surface area contributed by atoms with Crippen LogP contribution in [-0.4, -0.2) is 66.1 Å². The number of allylic oxidation sites excluding steroid dienone is 1. The van der Waals surface area contributed by atoms with Crippen LogP contribution in [0, 0.1) is 25.7 Å². The van der Waals surface area contributed by atoms with E-state index in [-0.39, 0.29) is 42.9 Å². The van der Waals surface area contributed by atoms with E-state index in [4.69, 9.17) is 5.73 Å². The number of aliphatic hydroxyl groups excluding tert-OH is 1. The van der Waals surface area contributed by atoms with Gasteiger partial charge in [0.05, 0.1) is 24.1 Å². The molecule has 46 heavy (non-hydrogen) atoms. The van der Waals surface area contributed by atoms with E-state index < -0.39 is 24.1 Å². The summed E-state index contributed by atoms with van der Waals surface area (Å²) in [6.45, 7) is 7.34. The maximum Gasteiger partial charge on any atom is 0.307 e. The van der Waals surface area contributed by atoms with E-state index in [9.17, 15) is 34.5 Å². The quantitative estimate of drug-likeness (QED) is 0.0961. The van der Waals surface area contributed by atoms with Crippen LogP contribution in [0.4, 0.5) is 0 Å². The van der Waals surface area contributed by atoms with Crippen molar-refractivity contribution in [3.8, 4) is 0 Å². The monoisotopic (exact) mass is 650 g/mol. The highest BCUT2D eigenvalue weighted by Crippen LogP contribution is 2.38. The number of aliphatic hydroxyl groups is 1. The Bertz CT molecular complexity index is 1830. The number of nitrogens with one attached hydrogen (secondary N) is 4. The van der Waals surface area contributed by atoms with Crippen LogP contribution in [0.2, 0.25) is 0 Å². The van der Waals surface area contributed by atoms with Gasteiger partial charge in [-0.15, -0.1) is 0 Å². The van der Waals surface area contributed by atoms with E-state index in [1.54, 1.807) is 26.0 Å². The minimum absolute atomic E-state index is 0.0160. The number of carbonyl (C=O) groups excluding carboxylic acids is 2. The van der Waals surface area contributed by atoms with Crippen molar-refractivity contribution < 1.29 is 34.5 Å². The molecular weight excluding hydrogens is 610 g/mol. The van der Waals surface area contributed by atoms with Crippen LogP contribution in [0.1, 0.15) is 66.6 Å². The molecule has 2 saturated heterocycles. The van der Waals surface area contributed by atoms with Gasteiger partial charge in [0.25, 0.3) is 5.91 Å². The Morgan fingerprint density at radius 2 is 1.78 bits per heavy atom. The number of H-pyrrole nitrogens is 2. The summed E-state index contributed by atoms with van der Waals surface area (Å²) in [7, 11) is 0. The molecule has 2 amide bonds. The maximum absolute atomic E-state index is 12.6. The molecule has 0 aromatic carbocycles. The second kappa shape index (κ2) is 13.1. The maximum atomic E-state index is 12.6. The highest BCUT2D eigenvalue weighted by Gasteiger charge is 2.52. The standard InChI is InChI=1S/C33H39N5O7S/c1-14-18(5-7-26(39)40)22(35-21(14)11-24-28(25-13-46-25)17(4)32(44)37-24)12-23-19(6-8-27(41)42)15(2)29(36-23)31(43)30-16(3)20(9-10-34)33(45)38-30/h5,9-12,17,25,28,30-31,35-36,43H,6-8,13,34H2,1-4H3,(H,37,44)(H,38,45)(H,39,40)(H,41,42)/p+1/b10-9?,18-5+,22-12-,24-11-/t17-,25+,28-,30+,31-/m1/s1. The van der Waals surface area contributed by atoms with Gasteiger partial charge in [0.2, 0.25) is 5.91 Å². The Kier molecular flexibility index (Phi) is 9.36. The number of rotatable bonds is 11. The summed E-state index contributed by atoms with van der Waals surface area (Å²) in [6.07, 6.45) is 6.69. The highest BCUT2D eigenvalue weighted by atomic mass is 32.2. The van der Waals surface area contributed by atoms with Crippen molar-refractivity contribution in [2.45, 2.75) is 64.4 Å². The molecule has 2 fully saturated rings. The zero-order valence-corrected chi connectivity index (χ0v) is 27.0. The third-order valence-electron chi connectivity index (χ3n) is 9.16. The van der Waals surface area contributed by atoms with Gasteiger partial charge < -0.3 is 41.7 Å². The van der Waals surface area contributed by atoms with Crippen LogP contribution in [-0.2, 0) is 37.4 Å². The molecule has 9 N–H and O–H groups in total. The zero-order valence-electron chi connectivity index (χ0n) is 26.1. The number of carboxylic acids is 2. The first kappa shape index (κ1) is 32.9. The average Bonchev–Trinajstić information content (AvgIpc) is 3.56. The molecular formula is C33H40N5O7S+. The number of hydrogen-bond acceptors (Lipinski definition) is 6. The highest BCUT2D eigenvalue weighted by molar-refractivity contribution is 7.86. The molecule has 12 nitrogen and oxygen atoms in total. The van der Waals surface area contributed by atoms with Crippen LogP contribution in [0.5, 0.6) is 0 Å². The second-order valence-corrected chi connectivity index (χ2v) is 13.5. The predicted octanol–water partition coefficient (Wildman–Crippen LogP) is 0.302. The van der Waals surface area contributed by atoms with Crippen molar-refractivity contribution >= 4 is 53.7 Å². The first-order chi connectivity index (χ1) is 21.8. The molecule has 0 radical (unpaired) electrons. The number of nitrogens with two attached hydrogens (primary N) is 1. The van der Waals surface area contributed by atoms with Crippen molar-refractivity contribution in [3.05, 3.63) is 73.5 Å². The predicted molar refractivity (Wildman–Crippen MR) is 176 cm³/mol. The van der Waals surface area contributed by atoms with Gasteiger partial charge in [-0.2, -0.15) is 0 Å². The third-order valence-corrected chi connectivity index (χ3v) is 10.3. The van der Waals surface area contributed by atoms with Crippen molar-refractivity contribution in [3.63, 3.8) is 0 Å². The number of aromatic nitrogens is 2. The fourth-order valence-corrected chi connectivity index (χ4v) is 7.50. The number of hydrogen-bond donors (Lipinski definition) is 8. The van der Waals surface area contributed by atoms with Gasteiger partial charge in [0.15, 0.2) is 11.0 Å². The largest absolute Gasteiger partial charge is 0.481 e. The Balaban J connectivity index is 1.64. The van der Waals surface area contributed by atoms with Crippen LogP contribution < -0.4 is 26.9 Å². The van der Waals surface area contributed by atoms with Crippen LogP contribution in [0.25, 0.3) is 18.2 Å². The number of amides is 2. The summed E-state index contributed by atoms with van der Waals surface area (Å²) >= 11 is 1.32. The number of thiol groups is 1. The molecule has 5 heterocycles. The Labute approximate surface area is 269 Å². The lowest BCUT2D eigenvalue weighted by Crippen LogP contribution is -2.34. The van der Waals surface area contributed by atoms with Gasteiger partial charge in [0.1, 0.15) is 6.10 Å². The zero-order chi connectivity index (χ0) is 33.4. The van der Waals surface area contributed by atoms with Crippen LogP contribution in [0.15, 0.2) is 29.1 Å². The lowest BCUT2D eigenvalue weighted by Gasteiger charge is -2.20. The van der Waals surface area contributed by atoms with Gasteiger partial charge in [-0.25, -0.2) is 0 Å². The summed E-state index contributed by atoms with van der Waals surface area (Å²) in [4.78, 5) is 54.9. The van der Waals surface area contributed by atoms with Gasteiger partial charge >= 0.3 is 11.9 Å². The lowest BCUT2D eigenvalue weighted by molar-refractivity contribution is -0.137. The van der Waals surface area contributed by atoms with Gasteiger partial charge in [-0.1, -0.05) is 13.0 Å². The molecule has 0 aliphatic carbocycles. The van der Waals surface area contributed by atoms with E-state index in [0.29, 0.717) is 49.5 Å². The SMILES string of the molecule is CC1=C(C=CN)C(=O)N[C@@H]1[C@H](O)c1[nH]c(/C=c2\[nH]c(/C=C3\NC(=O)[C@H](C)[C@H]3[C@@H]3C[SH+]3)c(C)\c2=C/CC(=O)O)c(CCC(=O)O)c1C. The smallest absolute Gasteiger partial charge is 0.307 e. The molecule has 2 aromatic heterocycles. The van der Waals surface area contributed by atoms with Crippen LogP contribution in [0.3, 0.4) is 0 Å². The summed E-state index contributed by atoms with van der Waals surface area (Å²) in [5.74, 6) is -1.35. The molecule has 0 spiro atoms. The van der Waals surface area contributed by atoms with E-state index in [1.165, 1.54) is 24.0 Å². The second-order valence-electron chi connectivity index (χ2n) is 12.1. The third kappa shape index (κ3) is 6.42. The van der Waals surface area contributed by atoms with Crippen molar-refractivity contribution in [1.82, 2.24) is 20.6 Å². The summed E-state index contributed by atoms with van der Waals surface area (Å²) in [5, 5.41) is 37.9. The fourth-order valence-electron chi connectivity index (χ4n) is 6.51. The molecule has 0 saturated carbocycles. The van der Waals surface area contributed by atoms with Crippen molar-refractivity contribution in [2.24, 2.45) is 17.6 Å². The van der Waals surface area contributed by atoms with E-state index in [1.807, 2.05) is 19.9 Å².